The molecule has 1 aromatic rings. The first-order valence-electron chi connectivity index (χ1n) is 2.71. The van der Waals surface area contributed by atoms with Gasteiger partial charge in [-0.05, 0) is 0 Å². The van der Waals surface area contributed by atoms with Crippen molar-refractivity contribution in [2.45, 2.75) is 0 Å². The van der Waals surface area contributed by atoms with Crippen molar-refractivity contribution in [2.75, 3.05) is 0 Å². The van der Waals surface area contributed by atoms with Gasteiger partial charge in [-0.2, -0.15) is 0 Å². The van der Waals surface area contributed by atoms with E-state index in [-0.39, 0.29) is 0 Å². The van der Waals surface area contributed by atoms with Gasteiger partial charge >= 0.3 is 70.8 Å². The summed E-state index contributed by atoms with van der Waals surface area (Å²) < 4.78 is 12.9. The van der Waals surface area contributed by atoms with E-state index in [0.29, 0.717) is 0 Å². The van der Waals surface area contributed by atoms with Crippen LogP contribution in [-0.2, 0) is 0 Å². The van der Waals surface area contributed by atoms with E-state index in [1.165, 1.54) is 5.37 Å². The van der Waals surface area contributed by atoms with E-state index in [4.69, 9.17) is 12.2 Å². The number of hydrogen-bond acceptors (Lipinski definition) is 1. The predicted molar refractivity (Wildman–Crippen MR) is 45.7 cm³/mol. The molecule has 0 aliphatic heterocycles. The molecule has 0 fully saturated rings. The van der Waals surface area contributed by atoms with Crippen molar-refractivity contribution < 1.29 is 3.55 Å². The molecule has 0 aliphatic carbocycles. The van der Waals surface area contributed by atoms with Gasteiger partial charge in [0.15, 0.2) is 0 Å². The third-order valence-corrected chi connectivity index (χ3v) is 2.51. The molecule has 0 unspecified atom stereocenters. The van der Waals surface area contributed by atoms with Crippen molar-refractivity contribution in [1.82, 2.24) is 0 Å². The Morgan fingerprint density at radius 1 is 1.40 bits per heavy atom. The second-order valence-electron chi connectivity index (χ2n) is 1.73. The Morgan fingerprint density at radius 3 is 2.60 bits per heavy atom. The van der Waals surface area contributed by atoms with Crippen LogP contribution in [0, 0.1) is 0 Å². The first-order chi connectivity index (χ1) is 4.88. The fraction of sp³-hybridized carbons (Fsp3) is 0. The molecule has 0 spiro atoms. The summed E-state index contributed by atoms with van der Waals surface area (Å²) in [5.41, 5.74) is 0.833. The maximum atomic E-state index is 12.2. The average Bonchev–Trinajstić information content (AvgIpc) is 2.04. The standard InChI is InChI=1S/C7H5FSSe/c8-10-7-4-2-1-3-6(7)5-9/h1-5H. The Kier molecular flexibility index (Phi) is 3.00. The molecule has 0 heterocycles. The van der Waals surface area contributed by atoms with Gasteiger partial charge in [0.25, 0.3) is 0 Å². The first-order valence-corrected chi connectivity index (χ1v) is 4.69. The molecule has 0 aromatic heterocycles. The third-order valence-electron chi connectivity index (χ3n) is 1.13. The van der Waals surface area contributed by atoms with Gasteiger partial charge in [0.2, 0.25) is 0 Å². The van der Waals surface area contributed by atoms with Crippen molar-refractivity contribution >= 4 is 37.5 Å². The molecule has 3 heteroatoms. The van der Waals surface area contributed by atoms with E-state index in [0.717, 1.165) is 10.0 Å². The summed E-state index contributed by atoms with van der Waals surface area (Å²) in [7, 11) is 0. The summed E-state index contributed by atoms with van der Waals surface area (Å²) in [6.45, 7) is 0. The topological polar surface area (TPSA) is 0 Å². The van der Waals surface area contributed by atoms with Crippen molar-refractivity contribution in [1.29, 1.82) is 0 Å². The van der Waals surface area contributed by atoms with Crippen LogP contribution in [0.3, 0.4) is 0 Å². The molecule has 0 bridgehead atoms. The minimum atomic E-state index is -0.939. The van der Waals surface area contributed by atoms with E-state index in [1.807, 2.05) is 18.2 Å². The van der Waals surface area contributed by atoms with Gasteiger partial charge in [0.05, 0.1) is 0 Å². The summed E-state index contributed by atoms with van der Waals surface area (Å²) >= 11 is 3.75. The monoisotopic (exact) mass is 220 g/mol. The average molecular weight is 219 g/mol. The summed E-state index contributed by atoms with van der Waals surface area (Å²) in [5, 5.41) is 1.51. The van der Waals surface area contributed by atoms with Gasteiger partial charge in [-0.25, -0.2) is 0 Å². The molecular weight excluding hydrogens is 214 g/mol. The molecule has 10 heavy (non-hydrogen) atoms. The number of rotatable bonds is 2. The SMILES string of the molecule is F[Se]c1ccccc1C=S. The normalized spacial score (nSPS) is 9.30. The summed E-state index contributed by atoms with van der Waals surface area (Å²) in [6.07, 6.45) is 0. The predicted octanol–water partition coefficient (Wildman–Crippen LogP) is 1.25. The van der Waals surface area contributed by atoms with Crippen LogP contribution in [0.15, 0.2) is 24.3 Å². The zero-order valence-electron chi connectivity index (χ0n) is 5.08. The molecule has 0 nitrogen and oxygen atoms in total. The molecule has 1 rings (SSSR count). The van der Waals surface area contributed by atoms with Crippen molar-refractivity contribution in [2.24, 2.45) is 0 Å². The van der Waals surface area contributed by atoms with Gasteiger partial charge in [-0.1, -0.05) is 0 Å². The van der Waals surface area contributed by atoms with Crippen molar-refractivity contribution in [3.63, 3.8) is 0 Å². The van der Waals surface area contributed by atoms with E-state index in [9.17, 15) is 3.55 Å². The molecule has 0 saturated heterocycles. The van der Waals surface area contributed by atoms with Gasteiger partial charge in [0, 0.05) is 0 Å². The molecule has 0 N–H and O–H groups in total. The van der Waals surface area contributed by atoms with Crippen molar-refractivity contribution in [3.05, 3.63) is 29.8 Å². The van der Waals surface area contributed by atoms with Gasteiger partial charge in [-0.3, -0.25) is 0 Å². The second kappa shape index (κ2) is 3.81. The Balaban J connectivity index is 3.08. The Hall–Kier alpha value is -0.241. The van der Waals surface area contributed by atoms with Crippen LogP contribution >= 0.6 is 12.2 Å². The van der Waals surface area contributed by atoms with E-state index in [2.05, 4.69) is 0 Å². The fourth-order valence-corrected chi connectivity index (χ4v) is 1.75. The van der Waals surface area contributed by atoms with Crippen LogP contribution in [0.4, 0.5) is 3.55 Å². The Labute approximate surface area is 71.1 Å². The number of thiocarbonyl (C=S) groups is 1. The van der Waals surface area contributed by atoms with Crippen LogP contribution in [-0.4, -0.2) is 20.8 Å². The summed E-state index contributed by atoms with van der Waals surface area (Å²) in [6, 6.07) is 7.26. The molecule has 0 amide bonds. The van der Waals surface area contributed by atoms with Crippen molar-refractivity contribution in [3.8, 4) is 0 Å². The summed E-state index contributed by atoms with van der Waals surface area (Å²) in [5.74, 6) is 0. The van der Waals surface area contributed by atoms with Crippen LogP contribution < -0.4 is 4.46 Å². The zero-order chi connectivity index (χ0) is 7.40. The van der Waals surface area contributed by atoms with Crippen LogP contribution in [0.2, 0.25) is 0 Å². The molecule has 52 valence electrons. The molecule has 0 atom stereocenters. The molecular formula is C7H5FSSe. The van der Waals surface area contributed by atoms with Crippen LogP contribution in [0.5, 0.6) is 0 Å². The minimum absolute atomic E-state index is 0.727. The molecule has 0 aliphatic rings. The Morgan fingerprint density at radius 2 is 2.10 bits per heavy atom. The molecule has 0 saturated carbocycles. The van der Waals surface area contributed by atoms with Crippen LogP contribution in [0.1, 0.15) is 5.56 Å². The van der Waals surface area contributed by atoms with Gasteiger partial charge in [0.1, 0.15) is 0 Å². The van der Waals surface area contributed by atoms with Crippen LogP contribution in [0.25, 0.3) is 0 Å². The Bertz CT molecular complexity index is 237. The zero-order valence-corrected chi connectivity index (χ0v) is 7.61. The first kappa shape index (κ1) is 7.86. The number of benzene rings is 1. The number of hydrogen-bond donors (Lipinski definition) is 0. The third kappa shape index (κ3) is 1.63. The fourth-order valence-electron chi connectivity index (χ4n) is 0.648. The van der Waals surface area contributed by atoms with E-state index >= 15 is 0 Å². The van der Waals surface area contributed by atoms with Gasteiger partial charge in [-0.15, -0.1) is 0 Å². The molecule has 0 radical (unpaired) electrons. The summed E-state index contributed by atoms with van der Waals surface area (Å²) in [4.78, 5) is 0. The van der Waals surface area contributed by atoms with E-state index < -0.39 is 15.4 Å². The quantitative estimate of drug-likeness (QED) is 0.533. The number of halogens is 1. The maximum absolute atomic E-state index is 12.2. The van der Waals surface area contributed by atoms with Gasteiger partial charge < -0.3 is 0 Å². The van der Waals surface area contributed by atoms with E-state index in [1.54, 1.807) is 6.07 Å². The second-order valence-corrected chi connectivity index (χ2v) is 3.22. The molecule has 1 aromatic carbocycles.